The van der Waals surface area contributed by atoms with Crippen LogP contribution in [0.2, 0.25) is 5.02 Å². The van der Waals surface area contributed by atoms with Gasteiger partial charge in [0.1, 0.15) is 0 Å². The quantitative estimate of drug-likeness (QED) is 0.875. The zero-order valence-electron chi connectivity index (χ0n) is 10.7. The fourth-order valence-electron chi connectivity index (χ4n) is 2.15. The third kappa shape index (κ3) is 3.64. The number of amides is 2. The lowest BCUT2D eigenvalue weighted by molar-refractivity contribution is 0.173. The molecule has 18 heavy (non-hydrogen) atoms. The molecule has 0 aliphatic carbocycles. The Morgan fingerprint density at radius 3 is 2.83 bits per heavy atom. The minimum Gasteiger partial charge on any atom is -0.334 e. The second-order valence-corrected chi connectivity index (χ2v) is 5.39. The van der Waals surface area contributed by atoms with E-state index in [1.54, 1.807) is 0 Å². The van der Waals surface area contributed by atoms with E-state index in [1.165, 1.54) is 0 Å². The Hall–Kier alpha value is -1.22. The van der Waals surface area contributed by atoms with Gasteiger partial charge < -0.3 is 10.2 Å². The van der Waals surface area contributed by atoms with Crippen LogP contribution in [0.1, 0.15) is 25.3 Å². The first-order chi connectivity index (χ1) is 8.65. The predicted octanol–water partition coefficient (Wildman–Crippen LogP) is 3.28. The highest BCUT2D eigenvalue weighted by Crippen LogP contribution is 2.16. The van der Waals surface area contributed by atoms with Gasteiger partial charge in [-0.1, -0.05) is 30.7 Å². The molecule has 98 valence electrons. The standard InChI is InChI=1S/C14H19ClN2O/c1-11-5-7-17(8-6-11)14(18)16-10-12-3-2-4-13(15)9-12/h2-4,9,11H,5-8,10H2,1H3,(H,16,18). The van der Waals surface area contributed by atoms with Crippen LogP contribution in [0.3, 0.4) is 0 Å². The van der Waals surface area contributed by atoms with Gasteiger partial charge in [0.15, 0.2) is 0 Å². The molecule has 3 nitrogen and oxygen atoms in total. The van der Waals surface area contributed by atoms with Gasteiger partial charge in [0.05, 0.1) is 0 Å². The van der Waals surface area contributed by atoms with Crippen LogP contribution in [-0.2, 0) is 6.54 Å². The molecule has 0 atom stereocenters. The molecule has 4 heteroatoms. The van der Waals surface area contributed by atoms with Gasteiger partial charge in [0.25, 0.3) is 0 Å². The van der Waals surface area contributed by atoms with E-state index in [4.69, 9.17) is 11.6 Å². The van der Waals surface area contributed by atoms with E-state index in [0.29, 0.717) is 11.6 Å². The lowest BCUT2D eigenvalue weighted by Gasteiger charge is -2.30. The van der Waals surface area contributed by atoms with Crippen molar-refractivity contribution in [3.05, 3.63) is 34.9 Å². The zero-order valence-corrected chi connectivity index (χ0v) is 11.4. The van der Waals surface area contributed by atoms with Crippen molar-refractivity contribution in [2.75, 3.05) is 13.1 Å². The summed E-state index contributed by atoms with van der Waals surface area (Å²) in [5.74, 6) is 0.738. The van der Waals surface area contributed by atoms with E-state index < -0.39 is 0 Å². The summed E-state index contributed by atoms with van der Waals surface area (Å²) in [6.07, 6.45) is 2.20. The highest BCUT2D eigenvalue weighted by Gasteiger charge is 2.19. The lowest BCUT2D eigenvalue weighted by atomic mass is 10.00. The minimum atomic E-state index is 0.0295. The van der Waals surface area contributed by atoms with Crippen molar-refractivity contribution in [3.8, 4) is 0 Å². The summed E-state index contributed by atoms with van der Waals surface area (Å²) in [5, 5.41) is 3.64. The van der Waals surface area contributed by atoms with Crippen molar-refractivity contribution in [3.63, 3.8) is 0 Å². The Kier molecular flexibility index (Phi) is 4.48. The van der Waals surface area contributed by atoms with Crippen LogP contribution in [0.25, 0.3) is 0 Å². The lowest BCUT2D eigenvalue weighted by Crippen LogP contribution is -2.43. The summed E-state index contributed by atoms with van der Waals surface area (Å²) in [6.45, 7) is 4.50. The number of urea groups is 1. The monoisotopic (exact) mass is 266 g/mol. The summed E-state index contributed by atoms with van der Waals surface area (Å²) in [4.78, 5) is 13.8. The number of hydrogen-bond donors (Lipinski definition) is 1. The van der Waals surface area contributed by atoms with Crippen molar-refractivity contribution in [1.82, 2.24) is 10.2 Å². The Bertz CT molecular complexity index is 414. The molecular formula is C14H19ClN2O. The molecule has 1 aliphatic heterocycles. The fourth-order valence-corrected chi connectivity index (χ4v) is 2.36. The Balaban J connectivity index is 1.81. The molecule has 0 aromatic heterocycles. The van der Waals surface area contributed by atoms with Crippen LogP contribution in [0, 0.1) is 5.92 Å². The topological polar surface area (TPSA) is 32.3 Å². The first-order valence-electron chi connectivity index (χ1n) is 6.42. The summed E-state index contributed by atoms with van der Waals surface area (Å²) >= 11 is 5.90. The van der Waals surface area contributed by atoms with E-state index in [9.17, 15) is 4.79 Å². The maximum atomic E-state index is 11.9. The van der Waals surface area contributed by atoms with E-state index in [-0.39, 0.29) is 6.03 Å². The van der Waals surface area contributed by atoms with Crippen LogP contribution in [0.15, 0.2) is 24.3 Å². The molecule has 0 saturated carbocycles. The molecule has 0 unspecified atom stereocenters. The number of nitrogens with one attached hydrogen (secondary N) is 1. The number of carbonyl (C=O) groups excluding carboxylic acids is 1. The second kappa shape index (κ2) is 6.10. The second-order valence-electron chi connectivity index (χ2n) is 4.96. The number of carbonyl (C=O) groups is 1. The number of halogens is 1. The van der Waals surface area contributed by atoms with Crippen LogP contribution in [0.4, 0.5) is 4.79 Å². The maximum Gasteiger partial charge on any atom is 0.317 e. The molecule has 2 amide bonds. The number of nitrogens with zero attached hydrogens (tertiary/aromatic N) is 1. The summed E-state index contributed by atoms with van der Waals surface area (Å²) < 4.78 is 0. The van der Waals surface area contributed by atoms with E-state index in [0.717, 1.165) is 37.4 Å². The van der Waals surface area contributed by atoms with Crippen molar-refractivity contribution in [2.45, 2.75) is 26.3 Å². The van der Waals surface area contributed by atoms with Gasteiger partial charge in [-0.3, -0.25) is 0 Å². The molecule has 0 radical (unpaired) electrons. The molecule has 0 spiro atoms. The molecule has 1 aliphatic rings. The van der Waals surface area contributed by atoms with Gasteiger partial charge in [0.2, 0.25) is 0 Å². The van der Waals surface area contributed by atoms with Gasteiger partial charge >= 0.3 is 6.03 Å². The molecule has 2 rings (SSSR count). The first-order valence-corrected chi connectivity index (χ1v) is 6.80. The molecule has 1 fully saturated rings. The third-order valence-electron chi connectivity index (χ3n) is 3.40. The maximum absolute atomic E-state index is 11.9. The van der Waals surface area contributed by atoms with Crippen molar-refractivity contribution < 1.29 is 4.79 Å². The number of hydrogen-bond acceptors (Lipinski definition) is 1. The largest absolute Gasteiger partial charge is 0.334 e. The van der Waals surface area contributed by atoms with Crippen molar-refractivity contribution in [2.24, 2.45) is 5.92 Å². The molecule has 1 heterocycles. The van der Waals surface area contributed by atoms with Crippen molar-refractivity contribution >= 4 is 17.6 Å². The molecule has 1 N–H and O–H groups in total. The van der Waals surface area contributed by atoms with Crippen LogP contribution in [0.5, 0.6) is 0 Å². The highest BCUT2D eigenvalue weighted by atomic mass is 35.5. The Morgan fingerprint density at radius 1 is 1.44 bits per heavy atom. The first kappa shape index (κ1) is 13.2. The van der Waals surface area contributed by atoms with Gasteiger partial charge in [-0.15, -0.1) is 0 Å². The molecule has 1 saturated heterocycles. The Morgan fingerprint density at radius 2 is 2.17 bits per heavy atom. The average Bonchev–Trinajstić information content (AvgIpc) is 2.37. The Labute approximate surface area is 113 Å². The molecule has 0 bridgehead atoms. The van der Waals surface area contributed by atoms with Crippen molar-refractivity contribution in [1.29, 1.82) is 0 Å². The average molecular weight is 267 g/mol. The number of rotatable bonds is 2. The molecule has 1 aromatic rings. The highest BCUT2D eigenvalue weighted by molar-refractivity contribution is 6.30. The van der Waals surface area contributed by atoms with Crippen LogP contribution >= 0.6 is 11.6 Å². The summed E-state index contributed by atoms with van der Waals surface area (Å²) in [7, 11) is 0. The minimum absolute atomic E-state index is 0.0295. The van der Waals surface area contributed by atoms with E-state index in [2.05, 4.69) is 12.2 Å². The molecule has 1 aromatic carbocycles. The summed E-state index contributed by atoms with van der Waals surface area (Å²) in [5.41, 5.74) is 1.03. The van der Waals surface area contributed by atoms with E-state index in [1.807, 2.05) is 29.2 Å². The van der Waals surface area contributed by atoms with Gasteiger partial charge in [-0.05, 0) is 36.5 Å². The van der Waals surface area contributed by atoms with Gasteiger partial charge in [-0.25, -0.2) is 4.79 Å². The van der Waals surface area contributed by atoms with Crippen LogP contribution in [-0.4, -0.2) is 24.0 Å². The number of benzene rings is 1. The predicted molar refractivity (Wildman–Crippen MR) is 73.7 cm³/mol. The van der Waals surface area contributed by atoms with E-state index >= 15 is 0 Å². The van der Waals surface area contributed by atoms with Gasteiger partial charge in [0, 0.05) is 24.7 Å². The summed E-state index contributed by atoms with van der Waals surface area (Å²) in [6, 6.07) is 7.59. The third-order valence-corrected chi connectivity index (χ3v) is 3.64. The van der Waals surface area contributed by atoms with Crippen LogP contribution < -0.4 is 5.32 Å². The number of piperidine rings is 1. The normalized spacial score (nSPS) is 16.7. The zero-order chi connectivity index (χ0) is 13.0. The molecular weight excluding hydrogens is 248 g/mol. The van der Waals surface area contributed by atoms with Gasteiger partial charge in [-0.2, -0.15) is 0 Å². The number of likely N-dealkylation sites (tertiary alicyclic amines) is 1. The smallest absolute Gasteiger partial charge is 0.317 e. The fraction of sp³-hybridized carbons (Fsp3) is 0.500. The SMILES string of the molecule is CC1CCN(C(=O)NCc2cccc(Cl)c2)CC1.